The van der Waals surface area contributed by atoms with Crippen LogP contribution in [0.2, 0.25) is 0 Å². The number of aromatic nitrogens is 2. The van der Waals surface area contributed by atoms with Crippen molar-refractivity contribution in [3.8, 4) is 17.1 Å². The van der Waals surface area contributed by atoms with Gasteiger partial charge in [-0.05, 0) is 37.1 Å². The molecule has 1 aromatic carbocycles. The average molecular weight is 389 g/mol. The molecule has 1 aliphatic heterocycles. The Morgan fingerprint density at radius 1 is 1.25 bits per heavy atom. The summed E-state index contributed by atoms with van der Waals surface area (Å²) in [5, 5.41) is 16.1. The standard InChI is InChI=1S/C19H23N3O6/c1-26-14-4-2-13(3-5-14)17-21-16(28-22-17)7-6-15(23)20-12-19(18(24)25)8-10-27-11-9-19/h2-5H,6-12H2,1H3,(H,20,23)(H,24,25). The maximum Gasteiger partial charge on any atom is 0.311 e. The lowest BCUT2D eigenvalue weighted by molar-refractivity contribution is -0.154. The van der Waals surface area contributed by atoms with Crippen molar-refractivity contribution in [2.75, 3.05) is 26.9 Å². The number of methoxy groups -OCH3 is 1. The van der Waals surface area contributed by atoms with Crippen LogP contribution in [-0.2, 0) is 20.7 Å². The molecular formula is C19H23N3O6. The molecule has 1 aromatic heterocycles. The van der Waals surface area contributed by atoms with Crippen molar-refractivity contribution in [3.63, 3.8) is 0 Å². The molecule has 0 unspecified atom stereocenters. The molecule has 9 nitrogen and oxygen atoms in total. The van der Waals surface area contributed by atoms with Crippen LogP contribution in [0.3, 0.4) is 0 Å². The fourth-order valence-electron chi connectivity index (χ4n) is 3.02. The zero-order valence-corrected chi connectivity index (χ0v) is 15.6. The van der Waals surface area contributed by atoms with Gasteiger partial charge in [-0.25, -0.2) is 0 Å². The lowest BCUT2D eigenvalue weighted by atomic mass is 9.80. The van der Waals surface area contributed by atoms with Crippen LogP contribution in [0.4, 0.5) is 0 Å². The normalized spacial score (nSPS) is 15.8. The summed E-state index contributed by atoms with van der Waals surface area (Å²) in [6.07, 6.45) is 1.18. The molecule has 28 heavy (non-hydrogen) atoms. The molecule has 150 valence electrons. The van der Waals surface area contributed by atoms with Gasteiger partial charge in [0.1, 0.15) is 5.75 Å². The predicted octanol–water partition coefficient (Wildman–Crippen LogP) is 1.68. The molecule has 1 aliphatic rings. The van der Waals surface area contributed by atoms with E-state index in [1.165, 1.54) is 0 Å². The predicted molar refractivity (Wildman–Crippen MR) is 97.7 cm³/mol. The van der Waals surface area contributed by atoms with E-state index in [2.05, 4.69) is 15.5 Å². The molecule has 0 saturated carbocycles. The van der Waals surface area contributed by atoms with Gasteiger partial charge in [-0.2, -0.15) is 4.98 Å². The van der Waals surface area contributed by atoms with Gasteiger partial charge in [0.05, 0.1) is 12.5 Å². The highest BCUT2D eigenvalue weighted by Gasteiger charge is 2.40. The zero-order valence-electron chi connectivity index (χ0n) is 15.6. The fraction of sp³-hybridized carbons (Fsp3) is 0.474. The number of amides is 1. The third kappa shape index (κ3) is 4.66. The van der Waals surface area contributed by atoms with E-state index >= 15 is 0 Å². The number of ether oxygens (including phenoxy) is 2. The Hall–Kier alpha value is -2.94. The number of carbonyl (C=O) groups excluding carboxylic acids is 1. The van der Waals surface area contributed by atoms with Gasteiger partial charge in [0, 0.05) is 38.2 Å². The summed E-state index contributed by atoms with van der Waals surface area (Å²) in [4.78, 5) is 28.0. The molecule has 3 rings (SSSR count). The highest BCUT2D eigenvalue weighted by molar-refractivity contribution is 5.79. The number of carbonyl (C=O) groups is 2. The van der Waals surface area contributed by atoms with E-state index in [-0.39, 0.29) is 25.3 Å². The number of carboxylic acid groups (broad SMARTS) is 1. The van der Waals surface area contributed by atoms with E-state index in [0.717, 1.165) is 11.3 Å². The van der Waals surface area contributed by atoms with E-state index in [9.17, 15) is 14.7 Å². The third-order valence-corrected chi connectivity index (χ3v) is 4.91. The van der Waals surface area contributed by atoms with Gasteiger partial charge in [0.2, 0.25) is 17.6 Å². The number of nitrogens with zero attached hydrogens (tertiary/aromatic N) is 2. The Morgan fingerprint density at radius 2 is 1.96 bits per heavy atom. The topological polar surface area (TPSA) is 124 Å². The minimum atomic E-state index is -0.958. The molecule has 1 amide bonds. The highest BCUT2D eigenvalue weighted by Crippen LogP contribution is 2.30. The molecule has 2 N–H and O–H groups in total. The second-order valence-corrected chi connectivity index (χ2v) is 6.71. The Kier molecular flexibility index (Phi) is 6.25. The Morgan fingerprint density at radius 3 is 2.61 bits per heavy atom. The highest BCUT2D eigenvalue weighted by atomic mass is 16.5. The number of hydrogen-bond donors (Lipinski definition) is 2. The Balaban J connectivity index is 1.50. The van der Waals surface area contributed by atoms with E-state index in [4.69, 9.17) is 14.0 Å². The van der Waals surface area contributed by atoms with Crippen LogP contribution in [0, 0.1) is 5.41 Å². The van der Waals surface area contributed by atoms with E-state index in [1.807, 2.05) is 12.1 Å². The monoisotopic (exact) mass is 389 g/mol. The maximum absolute atomic E-state index is 12.1. The molecule has 9 heteroatoms. The molecular weight excluding hydrogens is 366 g/mol. The first-order valence-corrected chi connectivity index (χ1v) is 9.07. The number of benzene rings is 1. The Bertz CT molecular complexity index is 811. The molecule has 1 fully saturated rings. The smallest absolute Gasteiger partial charge is 0.311 e. The van der Waals surface area contributed by atoms with Crippen molar-refractivity contribution in [2.45, 2.75) is 25.7 Å². The molecule has 2 aromatic rings. The molecule has 2 heterocycles. The summed E-state index contributed by atoms with van der Waals surface area (Å²) in [6.45, 7) is 0.863. The van der Waals surface area contributed by atoms with E-state index in [1.54, 1.807) is 19.2 Å². The Labute approximate surface area is 162 Å². The van der Waals surface area contributed by atoms with Crippen LogP contribution in [0.15, 0.2) is 28.8 Å². The van der Waals surface area contributed by atoms with Gasteiger partial charge >= 0.3 is 5.97 Å². The van der Waals surface area contributed by atoms with Crippen LogP contribution in [0.25, 0.3) is 11.4 Å². The zero-order chi connectivity index (χ0) is 20.0. The van der Waals surface area contributed by atoms with Crippen LogP contribution >= 0.6 is 0 Å². The van der Waals surface area contributed by atoms with Gasteiger partial charge in [0.25, 0.3) is 0 Å². The molecule has 1 saturated heterocycles. The van der Waals surface area contributed by atoms with Gasteiger partial charge in [-0.3, -0.25) is 9.59 Å². The van der Waals surface area contributed by atoms with Crippen molar-refractivity contribution in [2.24, 2.45) is 5.41 Å². The molecule has 0 atom stereocenters. The largest absolute Gasteiger partial charge is 0.497 e. The van der Waals surface area contributed by atoms with Crippen molar-refractivity contribution in [1.82, 2.24) is 15.5 Å². The number of rotatable bonds is 8. The van der Waals surface area contributed by atoms with Crippen molar-refractivity contribution in [1.29, 1.82) is 0 Å². The third-order valence-electron chi connectivity index (χ3n) is 4.91. The summed E-state index contributed by atoms with van der Waals surface area (Å²) in [6, 6.07) is 7.24. The SMILES string of the molecule is COc1ccc(-c2noc(CCC(=O)NCC3(C(=O)O)CCOCC3)n2)cc1. The lowest BCUT2D eigenvalue weighted by Crippen LogP contribution is -2.46. The number of nitrogens with one attached hydrogen (secondary N) is 1. The molecule has 0 spiro atoms. The van der Waals surface area contributed by atoms with Crippen LogP contribution < -0.4 is 10.1 Å². The van der Waals surface area contributed by atoms with Gasteiger partial charge in [-0.1, -0.05) is 5.16 Å². The van der Waals surface area contributed by atoms with Gasteiger partial charge < -0.3 is 24.4 Å². The molecule has 0 radical (unpaired) electrons. The summed E-state index contributed by atoms with van der Waals surface area (Å²) >= 11 is 0. The van der Waals surface area contributed by atoms with Crippen molar-refractivity contribution in [3.05, 3.63) is 30.2 Å². The first-order valence-electron chi connectivity index (χ1n) is 9.07. The quantitative estimate of drug-likeness (QED) is 0.699. The minimum absolute atomic E-state index is 0.0887. The summed E-state index contributed by atoms with van der Waals surface area (Å²) in [5.41, 5.74) is -0.178. The first-order chi connectivity index (χ1) is 13.5. The second kappa shape index (κ2) is 8.83. The fourth-order valence-corrected chi connectivity index (χ4v) is 3.02. The first kappa shape index (κ1) is 19.8. The van der Waals surface area contributed by atoms with Crippen molar-refractivity contribution >= 4 is 11.9 Å². The second-order valence-electron chi connectivity index (χ2n) is 6.71. The summed E-state index contributed by atoms with van der Waals surface area (Å²) in [7, 11) is 1.59. The van der Waals surface area contributed by atoms with Crippen LogP contribution in [-0.4, -0.2) is 54.0 Å². The van der Waals surface area contributed by atoms with Crippen LogP contribution in [0.5, 0.6) is 5.75 Å². The van der Waals surface area contributed by atoms with E-state index in [0.29, 0.717) is 37.8 Å². The average Bonchev–Trinajstić information content (AvgIpc) is 3.20. The van der Waals surface area contributed by atoms with E-state index < -0.39 is 11.4 Å². The summed E-state index contributed by atoms with van der Waals surface area (Å²) in [5.74, 6) is 0.353. The number of hydrogen-bond acceptors (Lipinski definition) is 7. The molecule has 0 bridgehead atoms. The summed E-state index contributed by atoms with van der Waals surface area (Å²) < 4.78 is 15.5. The van der Waals surface area contributed by atoms with Gasteiger partial charge in [-0.15, -0.1) is 0 Å². The van der Waals surface area contributed by atoms with Crippen molar-refractivity contribution < 1.29 is 28.7 Å². The minimum Gasteiger partial charge on any atom is -0.497 e. The number of carboxylic acids is 1. The number of aliphatic carboxylic acids is 1. The molecule has 0 aliphatic carbocycles. The maximum atomic E-state index is 12.1. The lowest BCUT2D eigenvalue weighted by Gasteiger charge is -2.33. The van der Waals surface area contributed by atoms with Gasteiger partial charge in [0.15, 0.2) is 0 Å². The van der Waals surface area contributed by atoms with Crippen LogP contribution in [0.1, 0.15) is 25.2 Å². The number of aryl methyl sites for hydroxylation is 1.